The number of fused-ring (bicyclic) bond motifs is 1. The van der Waals surface area contributed by atoms with Crippen LogP contribution in [0.1, 0.15) is 24.2 Å². The molecule has 4 aromatic rings. The molecule has 9 nitrogen and oxygen atoms in total. The van der Waals surface area contributed by atoms with E-state index < -0.39 is 10.0 Å². The molecule has 0 aliphatic carbocycles. The first-order valence-electron chi connectivity index (χ1n) is 12.9. The Bertz CT molecular complexity index is 1510. The van der Waals surface area contributed by atoms with Gasteiger partial charge in [0.2, 0.25) is 0 Å². The van der Waals surface area contributed by atoms with Crippen LogP contribution in [0.2, 0.25) is 0 Å². The van der Waals surface area contributed by atoms with E-state index in [1.807, 2.05) is 12.1 Å². The van der Waals surface area contributed by atoms with Crippen molar-refractivity contribution >= 4 is 48.3 Å². The Labute approximate surface area is 239 Å². The van der Waals surface area contributed by atoms with Gasteiger partial charge >= 0.3 is 0 Å². The number of sulfonamides is 1. The minimum Gasteiger partial charge on any atom is -0.493 e. The lowest BCUT2D eigenvalue weighted by atomic mass is 10.2. The van der Waals surface area contributed by atoms with E-state index in [1.54, 1.807) is 61.6 Å². The van der Waals surface area contributed by atoms with E-state index in [1.165, 1.54) is 34.8 Å². The summed E-state index contributed by atoms with van der Waals surface area (Å²) in [5, 5.41) is 0.544. The zero-order valence-corrected chi connectivity index (χ0v) is 25.0. The van der Waals surface area contributed by atoms with Gasteiger partial charge in [-0.1, -0.05) is 43.4 Å². The van der Waals surface area contributed by atoms with E-state index in [-0.39, 0.29) is 10.8 Å². The molecule has 0 atom stereocenters. The zero-order valence-electron chi connectivity index (χ0n) is 23.3. The van der Waals surface area contributed by atoms with Crippen LogP contribution in [-0.4, -0.2) is 71.7 Å². The first-order valence-corrected chi connectivity index (χ1v) is 15.2. The molecule has 1 heterocycles. The van der Waals surface area contributed by atoms with Gasteiger partial charge in [-0.05, 0) is 49.5 Å². The Morgan fingerprint density at radius 1 is 0.900 bits per heavy atom. The molecule has 0 fully saturated rings. The second-order valence-corrected chi connectivity index (χ2v) is 12.0. The van der Waals surface area contributed by atoms with Crippen molar-refractivity contribution in [3.05, 3.63) is 72.3 Å². The average Bonchev–Trinajstić information content (AvgIpc) is 3.40. The molecule has 1 aromatic heterocycles. The Morgan fingerprint density at radius 3 is 2.12 bits per heavy atom. The molecule has 1 amide bonds. The van der Waals surface area contributed by atoms with Crippen molar-refractivity contribution in [1.82, 2.24) is 9.88 Å². The molecule has 0 N–H and O–H groups in total. The molecular formula is C29H34N4O5S2. The third-order valence-corrected chi connectivity index (χ3v) is 9.61. The summed E-state index contributed by atoms with van der Waals surface area (Å²) in [6.45, 7) is 6.96. The number of nitrogens with zero attached hydrogens (tertiary/aromatic N) is 4. The molecule has 212 valence electrons. The third-order valence-electron chi connectivity index (χ3n) is 6.77. The Hall–Kier alpha value is -3.67. The van der Waals surface area contributed by atoms with Crippen LogP contribution in [-0.2, 0) is 10.0 Å². The van der Waals surface area contributed by atoms with E-state index in [0.29, 0.717) is 46.5 Å². The molecule has 0 aliphatic heterocycles. The first-order chi connectivity index (χ1) is 19.2. The van der Waals surface area contributed by atoms with E-state index in [4.69, 9.17) is 14.5 Å². The lowest BCUT2D eigenvalue weighted by Crippen LogP contribution is -2.38. The summed E-state index contributed by atoms with van der Waals surface area (Å²) in [4.78, 5) is 22.6. The molecule has 0 saturated heterocycles. The fourth-order valence-corrected chi connectivity index (χ4v) is 6.48. The van der Waals surface area contributed by atoms with Crippen molar-refractivity contribution in [2.24, 2.45) is 0 Å². The monoisotopic (exact) mass is 582 g/mol. The molecule has 40 heavy (non-hydrogen) atoms. The maximum atomic E-state index is 13.8. The number of para-hydroxylation sites is 1. The van der Waals surface area contributed by atoms with Crippen LogP contribution in [0.25, 0.3) is 10.2 Å². The third kappa shape index (κ3) is 6.06. The number of benzene rings is 3. The van der Waals surface area contributed by atoms with Gasteiger partial charge in [-0.2, -0.15) is 0 Å². The molecule has 0 spiro atoms. The molecule has 0 bridgehead atoms. The highest BCUT2D eigenvalue weighted by molar-refractivity contribution is 7.92. The Balaban J connectivity index is 1.66. The van der Waals surface area contributed by atoms with Crippen LogP contribution in [0.3, 0.4) is 0 Å². The van der Waals surface area contributed by atoms with Crippen LogP contribution < -0.4 is 18.7 Å². The predicted molar refractivity (Wildman–Crippen MR) is 161 cm³/mol. The van der Waals surface area contributed by atoms with Gasteiger partial charge in [0, 0.05) is 37.8 Å². The summed E-state index contributed by atoms with van der Waals surface area (Å²) in [7, 11) is 0.856. The fourth-order valence-electron chi connectivity index (χ4n) is 4.28. The molecule has 0 saturated carbocycles. The largest absolute Gasteiger partial charge is 0.493 e. The summed E-state index contributed by atoms with van der Waals surface area (Å²) in [6.07, 6.45) is 0. The summed E-state index contributed by atoms with van der Waals surface area (Å²) in [5.41, 5.74) is 1.62. The highest BCUT2D eigenvalue weighted by Crippen LogP contribution is 2.37. The van der Waals surface area contributed by atoms with Crippen LogP contribution in [0.15, 0.2) is 71.6 Å². The van der Waals surface area contributed by atoms with Crippen LogP contribution in [0.4, 0.5) is 10.8 Å². The van der Waals surface area contributed by atoms with Crippen molar-refractivity contribution in [3.8, 4) is 11.5 Å². The maximum Gasteiger partial charge on any atom is 0.264 e. The highest BCUT2D eigenvalue weighted by atomic mass is 32.2. The number of methoxy groups -OCH3 is 2. The second-order valence-electron chi connectivity index (χ2n) is 8.99. The minimum atomic E-state index is -3.80. The average molecular weight is 583 g/mol. The summed E-state index contributed by atoms with van der Waals surface area (Å²) < 4.78 is 39.4. The number of carbonyl (C=O) groups is 1. The summed E-state index contributed by atoms with van der Waals surface area (Å²) in [5.74, 6) is 0.888. The molecule has 0 radical (unpaired) electrons. The topological polar surface area (TPSA) is 92.3 Å². The van der Waals surface area contributed by atoms with Crippen LogP contribution >= 0.6 is 11.3 Å². The number of hydrogen-bond donors (Lipinski definition) is 0. The number of aromatic nitrogens is 1. The van der Waals surface area contributed by atoms with Gasteiger partial charge in [0.1, 0.15) is 0 Å². The molecular weight excluding hydrogens is 548 g/mol. The number of carbonyl (C=O) groups excluding carboxylic acids is 1. The van der Waals surface area contributed by atoms with Crippen molar-refractivity contribution in [2.75, 3.05) is 56.7 Å². The summed E-state index contributed by atoms with van der Waals surface area (Å²) in [6, 6.07) is 18.5. The van der Waals surface area contributed by atoms with E-state index in [9.17, 15) is 13.2 Å². The van der Waals surface area contributed by atoms with Gasteiger partial charge in [0.25, 0.3) is 15.9 Å². The molecule has 0 unspecified atom stereocenters. The van der Waals surface area contributed by atoms with Gasteiger partial charge in [0.15, 0.2) is 16.6 Å². The quantitative estimate of drug-likeness (QED) is 0.229. The molecule has 3 aromatic carbocycles. The SMILES string of the molecule is CCN(CC)CCN(C(=O)c1ccc(S(=O)(=O)N(C)c2ccccc2)cc1)c1nc2cc(OC)c(OC)cc2s1. The summed E-state index contributed by atoms with van der Waals surface area (Å²) >= 11 is 1.39. The van der Waals surface area contributed by atoms with Gasteiger partial charge in [0.05, 0.1) is 35.0 Å². The van der Waals surface area contributed by atoms with Crippen molar-refractivity contribution < 1.29 is 22.7 Å². The van der Waals surface area contributed by atoms with Gasteiger partial charge < -0.3 is 14.4 Å². The van der Waals surface area contributed by atoms with E-state index in [0.717, 1.165) is 17.8 Å². The zero-order chi connectivity index (χ0) is 28.9. The van der Waals surface area contributed by atoms with Crippen molar-refractivity contribution in [3.63, 3.8) is 0 Å². The van der Waals surface area contributed by atoms with E-state index in [2.05, 4.69) is 18.7 Å². The second kappa shape index (κ2) is 12.7. The highest BCUT2D eigenvalue weighted by Gasteiger charge is 2.25. The molecule has 11 heteroatoms. The maximum absolute atomic E-state index is 13.8. The first kappa shape index (κ1) is 29.3. The van der Waals surface area contributed by atoms with Crippen molar-refractivity contribution in [2.45, 2.75) is 18.7 Å². The number of thiazole rings is 1. The van der Waals surface area contributed by atoms with Crippen molar-refractivity contribution in [1.29, 1.82) is 0 Å². The Morgan fingerprint density at radius 2 is 1.52 bits per heavy atom. The molecule has 0 aliphatic rings. The number of hydrogen-bond acceptors (Lipinski definition) is 8. The van der Waals surface area contributed by atoms with E-state index >= 15 is 0 Å². The van der Waals surface area contributed by atoms with Crippen LogP contribution in [0, 0.1) is 0 Å². The van der Waals surface area contributed by atoms with Gasteiger partial charge in [-0.25, -0.2) is 13.4 Å². The molecule has 4 rings (SSSR count). The van der Waals surface area contributed by atoms with Gasteiger partial charge in [-0.3, -0.25) is 14.0 Å². The number of anilines is 2. The number of likely N-dealkylation sites (N-methyl/N-ethyl adjacent to an activating group) is 1. The van der Waals surface area contributed by atoms with Gasteiger partial charge in [-0.15, -0.1) is 0 Å². The lowest BCUT2D eigenvalue weighted by Gasteiger charge is -2.25. The minimum absolute atomic E-state index is 0.101. The smallest absolute Gasteiger partial charge is 0.264 e. The number of amides is 1. The lowest BCUT2D eigenvalue weighted by molar-refractivity contribution is 0.0983. The fraction of sp³-hybridized carbons (Fsp3) is 0.310. The standard InChI is InChI=1S/C29H34N4O5S2/c1-6-32(7-2)17-18-33(29-30-24-19-25(37-4)26(38-5)20-27(24)39-29)28(34)21-13-15-23(16-14-21)40(35,36)31(3)22-11-9-8-10-12-22/h8-16,19-20H,6-7,17-18H2,1-5H3. The number of rotatable bonds is 12. The normalized spacial score (nSPS) is 11.6. The predicted octanol–water partition coefficient (Wildman–Crippen LogP) is 5.13. The Kier molecular flexibility index (Phi) is 9.28. The van der Waals surface area contributed by atoms with Crippen LogP contribution in [0.5, 0.6) is 11.5 Å². The number of ether oxygens (including phenoxy) is 2.